The number of hydrogen-bond acceptors (Lipinski definition) is 2. The van der Waals surface area contributed by atoms with Gasteiger partial charge in [-0.05, 0) is 31.2 Å². The molecule has 1 spiro atoms. The van der Waals surface area contributed by atoms with Gasteiger partial charge in [-0.3, -0.25) is 0 Å². The molecule has 0 atom stereocenters. The zero-order valence-corrected chi connectivity index (χ0v) is 7.52. The number of hydrogen-bond donors (Lipinski definition) is 2. The van der Waals surface area contributed by atoms with Crippen molar-refractivity contribution in [1.82, 2.24) is 5.32 Å². The van der Waals surface area contributed by atoms with Crippen molar-refractivity contribution in [3.63, 3.8) is 0 Å². The molecular weight excluding hydrogens is 199 g/mol. The van der Waals surface area contributed by atoms with Crippen LogP contribution in [0.5, 0.6) is 0 Å². The number of carboxylic acid groups (broad SMARTS) is 1. The number of alkyl halides is 3. The van der Waals surface area contributed by atoms with Gasteiger partial charge in [0.25, 0.3) is 0 Å². The van der Waals surface area contributed by atoms with Crippen LogP contribution in [-0.4, -0.2) is 30.3 Å². The Labute approximate surface area is 79.3 Å². The van der Waals surface area contributed by atoms with E-state index in [1.165, 1.54) is 32.4 Å². The molecule has 2 rings (SSSR count). The fraction of sp³-hybridized carbons (Fsp3) is 0.875. The minimum absolute atomic E-state index is 0.833. The van der Waals surface area contributed by atoms with E-state index in [0.29, 0.717) is 0 Å². The SMILES string of the molecule is C1CC2(CC2)CN1.O=C(O)C(F)(F)F. The lowest BCUT2D eigenvalue weighted by Gasteiger charge is -1.96. The first-order valence-electron chi connectivity index (χ1n) is 4.37. The van der Waals surface area contributed by atoms with Gasteiger partial charge in [-0.2, -0.15) is 13.2 Å². The molecule has 1 saturated heterocycles. The summed E-state index contributed by atoms with van der Waals surface area (Å²) in [6.07, 6.45) is -0.632. The topological polar surface area (TPSA) is 49.3 Å². The summed E-state index contributed by atoms with van der Waals surface area (Å²) in [7, 11) is 0. The van der Waals surface area contributed by atoms with Crippen LogP contribution in [0.25, 0.3) is 0 Å². The third kappa shape index (κ3) is 3.17. The Hall–Kier alpha value is -0.780. The third-order valence-electron chi connectivity index (χ3n) is 2.53. The van der Waals surface area contributed by atoms with Gasteiger partial charge >= 0.3 is 12.1 Å². The molecule has 0 unspecified atom stereocenters. The highest BCUT2D eigenvalue weighted by molar-refractivity contribution is 5.73. The molecule has 1 heterocycles. The van der Waals surface area contributed by atoms with E-state index in [2.05, 4.69) is 5.32 Å². The van der Waals surface area contributed by atoms with Crippen molar-refractivity contribution in [2.45, 2.75) is 25.4 Å². The number of halogens is 3. The van der Waals surface area contributed by atoms with Crippen LogP contribution in [-0.2, 0) is 4.79 Å². The first-order valence-corrected chi connectivity index (χ1v) is 4.37. The Kier molecular flexibility index (Phi) is 3.04. The zero-order valence-electron chi connectivity index (χ0n) is 7.52. The summed E-state index contributed by atoms with van der Waals surface area (Å²) in [5, 5.41) is 10.5. The summed E-state index contributed by atoms with van der Waals surface area (Å²) in [4.78, 5) is 8.90. The minimum atomic E-state index is -5.08. The summed E-state index contributed by atoms with van der Waals surface area (Å²) in [6.45, 7) is 2.59. The highest BCUT2D eigenvalue weighted by atomic mass is 19.4. The van der Waals surface area contributed by atoms with Crippen molar-refractivity contribution in [3.05, 3.63) is 0 Å². The van der Waals surface area contributed by atoms with Crippen LogP contribution in [0.4, 0.5) is 13.2 Å². The van der Waals surface area contributed by atoms with E-state index in [-0.39, 0.29) is 0 Å². The molecule has 2 N–H and O–H groups in total. The van der Waals surface area contributed by atoms with Gasteiger partial charge in [0.2, 0.25) is 0 Å². The Morgan fingerprint density at radius 2 is 1.79 bits per heavy atom. The normalized spacial score (nSPS) is 22.8. The lowest BCUT2D eigenvalue weighted by Crippen LogP contribution is -2.21. The molecule has 0 aromatic rings. The number of aliphatic carboxylic acids is 1. The monoisotopic (exact) mass is 211 g/mol. The molecule has 1 aliphatic heterocycles. The lowest BCUT2D eigenvalue weighted by atomic mass is 10.1. The molecule has 0 radical (unpaired) electrons. The van der Waals surface area contributed by atoms with E-state index in [1.54, 1.807) is 0 Å². The number of carboxylic acids is 1. The van der Waals surface area contributed by atoms with Gasteiger partial charge in [-0.25, -0.2) is 4.79 Å². The molecule has 82 valence electrons. The van der Waals surface area contributed by atoms with Crippen LogP contribution in [0.2, 0.25) is 0 Å². The van der Waals surface area contributed by atoms with E-state index < -0.39 is 12.1 Å². The molecule has 6 heteroatoms. The van der Waals surface area contributed by atoms with Gasteiger partial charge in [0, 0.05) is 6.54 Å². The number of carbonyl (C=O) groups is 1. The fourth-order valence-corrected chi connectivity index (χ4v) is 1.40. The maximum absolute atomic E-state index is 10.6. The summed E-state index contributed by atoms with van der Waals surface area (Å²) in [5.74, 6) is -2.76. The number of rotatable bonds is 0. The van der Waals surface area contributed by atoms with E-state index in [4.69, 9.17) is 9.90 Å². The van der Waals surface area contributed by atoms with Crippen molar-refractivity contribution in [2.75, 3.05) is 13.1 Å². The van der Waals surface area contributed by atoms with Crippen LogP contribution in [0, 0.1) is 5.41 Å². The van der Waals surface area contributed by atoms with E-state index in [9.17, 15) is 13.2 Å². The molecule has 2 fully saturated rings. The highest BCUT2D eigenvalue weighted by Gasteiger charge is 2.44. The molecule has 1 aliphatic carbocycles. The Bertz CT molecular complexity index is 215. The third-order valence-corrected chi connectivity index (χ3v) is 2.53. The van der Waals surface area contributed by atoms with E-state index in [1.807, 2.05) is 0 Å². The van der Waals surface area contributed by atoms with Crippen molar-refractivity contribution in [2.24, 2.45) is 5.41 Å². The molecular formula is C8H12F3NO2. The van der Waals surface area contributed by atoms with Crippen LogP contribution in [0.1, 0.15) is 19.3 Å². The average Bonchev–Trinajstić information content (AvgIpc) is 2.58. The second-order valence-electron chi connectivity index (χ2n) is 3.73. The molecule has 0 bridgehead atoms. The van der Waals surface area contributed by atoms with E-state index in [0.717, 1.165) is 5.41 Å². The second kappa shape index (κ2) is 3.76. The number of nitrogens with one attached hydrogen (secondary N) is 1. The Balaban J connectivity index is 0.000000140. The fourth-order valence-electron chi connectivity index (χ4n) is 1.40. The van der Waals surface area contributed by atoms with E-state index >= 15 is 0 Å². The van der Waals surface area contributed by atoms with Crippen molar-refractivity contribution in [3.8, 4) is 0 Å². The van der Waals surface area contributed by atoms with Gasteiger partial charge in [-0.1, -0.05) is 0 Å². The Morgan fingerprint density at radius 1 is 1.29 bits per heavy atom. The molecule has 0 aromatic carbocycles. The lowest BCUT2D eigenvalue weighted by molar-refractivity contribution is -0.192. The van der Waals surface area contributed by atoms with Crippen LogP contribution >= 0.6 is 0 Å². The summed E-state index contributed by atoms with van der Waals surface area (Å²) < 4.78 is 31.7. The van der Waals surface area contributed by atoms with Crippen LogP contribution in [0.15, 0.2) is 0 Å². The standard InChI is InChI=1S/C6H11N.C2HF3O2/c1-2-6(1)3-4-7-5-6;3-2(4,5)1(6)7/h7H,1-5H2;(H,6,7). The molecule has 14 heavy (non-hydrogen) atoms. The minimum Gasteiger partial charge on any atom is -0.475 e. The van der Waals surface area contributed by atoms with Gasteiger partial charge in [-0.15, -0.1) is 0 Å². The molecule has 1 saturated carbocycles. The highest BCUT2D eigenvalue weighted by Crippen LogP contribution is 2.49. The van der Waals surface area contributed by atoms with Gasteiger partial charge in [0.15, 0.2) is 0 Å². The quantitative estimate of drug-likeness (QED) is 0.636. The predicted octanol–water partition coefficient (Wildman–Crippen LogP) is 1.39. The van der Waals surface area contributed by atoms with Gasteiger partial charge < -0.3 is 10.4 Å². The largest absolute Gasteiger partial charge is 0.490 e. The molecule has 0 amide bonds. The van der Waals surface area contributed by atoms with Crippen LogP contribution < -0.4 is 5.32 Å². The first-order chi connectivity index (χ1) is 6.36. The maximum atomic E-state index is 10.6. The zero-order chi connectivity index (χ0) is 10.8. The summed E-state index contributed by atoms with van der Waals surface area (Å²) in [6, 6.07) is 0. The van der Waals surface area contributed by atoms with Crippen molar-refractivity contribution < 1.29 is 23.1 Å². The van der Waals surface area contributed by atoms with Crippen molar-refractivity contribution >= 4 is 5.97 Å². The van der Waals surface area contributed by atoms with Gasteiger partial charge in [0.05, 0.1) is 0 Å². The first kappa shape index (κ1) is 11.3. The smallest absolute Gasteiger partial charge is 0.475 e. The molecule has 3 nitrogen and oxygen atoms in total. The predicted molar refractivity (Wildman–Crippen MR) is 42.8 cm³/mol. The molecule has 2 aliphatic rings. The second-order valence-corrected chi connectivity index (χ2v) is 3.73. The van der Waals surface area contributed by atoms with Gasteiger partial charge in [0.1, 0.15) is 0 Å². The summed E-state index contributed by atoms with van der Waals surface area (Å²) in [5.41, 5.74) is 0.833. The van der Waals surface area contributed by atoms with Crippen molar-refractivity contribution in [1.29, 1.82) is 0 Å². The maximum Gasteiger partial charge on any atom is 0.490 e. The summed E-state index contributed by atoms with van der Waals surface area (Å²) >= 11 is 0. The average molecular weight is 211 g/mol. The van der Waals surface area contributed by atoms with Crippen LogP contribution in [0.3, 0.4) is 0 Å². The Morgan fingerprint density at radius 3 is 1.93 bits per heavy atom. The molecule has 0 aromatic heterocycles.